The Balaban J connectivity index is 2.20. The van der Waals surface area contributed by atoms with Gasteiger partial charge >= 0.3 is 10.2 Å². The molecule has 0 spiro atoms. The van der Waals surface area contributed by atoms with Crippen molar-refractivity contribution < 1.29 is 29.0 Å². The second kappa shape index (κ2) is 8.75. The third kappa shape index (κ3) is 6.29. The van der Waals surface area contributed by atoms with Gasteiger partial charge in [0.15, 0.2) is 8.32 Å². The molecule has 1 aromatic heterocycles. The predicted octanol–water partition coefficient (Wildman–Crippen LogP) is 10.3. The van der Waals surface area contributed by atoms with Crippen LogP contribution >= 0.6 is 10.2 Å². The van der Waals surface area contributed by atoms with Crippen molar-refractivity contribution in [2.45, 2.75) is 109 Å². The van der Waals surface area contributed by atoms with Crippen LogP contribution in [0, 0.1) is 12.3 Å². The number of halogens is 5. The highest BCUT2D eigenvalue weighted by Crippen LogP contribution is 3.02. The fourth-order valence-corrected chi connectivity index (χ4v) is 6.92. The summed E-state index contributed by atoms with van der Waals surface area (Å²) >= 11 is 0. The van der Waals surface area contributed by atoms with Crippen LogP contribution < -0.4 is 0 Å². The summed E-state index contributed by atoms with van der Waals surface area (Å²) in [6.07, 6.45) is -0.0783. The molecule has 38 heavy (non-hydrogen) atoms. The summed E-state index contributed by atoms with van der Waals surface area (Å²) < 4.78 is 73.3. The quantitative estimate of drug-likeness (QED) is 0.273. The van der Waals surface area contributed by atoms with Crippen LogP contribution in [0.15, 0.2) is 29.2 Å². The van der Waals surface area contributed by atoms with Crippen LogP contribution in [0.5, 0.6) is 0 Å². The lowest BCUT2D eigenvalue weighted by Gasteiger charge is -2.45. The Morgan fingerprint density at radius 2 is 1.58 bits per heavy atom. The van der Waals surface area contributed by atoms with Gasteiger partial charge in [-0.1, -0.05) is 80.0 Å². The lowest BCUT2D eigenvalue weighted by Crippen LogP contribution is -2.44. The molecular formula is C28H42F5NO2SSi. The number of pyridine rings is 1. The van der Waals surface area contributed by atoms with Crippen molar-refractivity contribution in [3.8, 4) is 0 Å². The fraction of sp³-hybridized carbons (Fsp3) is 0.607. The lowest BCUT2D eigenvalue weighted by atomic mass is 9.72. The van der Waals surface area contributed by atoms with Crippen molar-refractivity contribution >= 4 is 18.5 Å². The molecule has 10 heteroatoms. The molecule has 0 radical (unpaired) electrons. The van der Waals surface area contributed by atoms with Gasteiger partial charge in [-0.2, -0.15) is 0 Å². The van der Waals surface area contributed by atoms with Gasteiger partial charge in [0.25, 0.3) is 0 Å². The number of benzene rings is 1. The van der Waals surface area contributed by atoms with E-state index in [0.29, 0.717) is 23.4 Å². The Labute approximate surface area is 225 Å². The number of aliphatic hydroxyl groups is 1. The molecule has 1 N–H and O–H groups in total. The molecule has 0 amide bonds. The molecular weight excluding hydrogens is 537 g/mol. The van der Waals surface area contributed by atoms with E-state index in [9.17, 15) is 24.5 Å². The highest BCUT2D eigenvalue weighted by Gasteiger charge is 2.65. The van der Waals surface area contributed by atoms with Gasteiger partial charge in [0.2, 0.25) is 0 Å². The largest absolute Gasteiger partial charge is 0.410 e. The van der Waals surface area contributed by atoms with Crippen LogP contribution in [-0.2, 0) is 10.8 Å². The molecule has 1 aromatic carbocycles. The summed E-state index contributed by atoms with van der Waals surface area (Å²) in [6.45, 7) is 21.1. The predicted molar refractivity (Wildman–Crippen MR) is 148 cm³/mol. The second-order valence-corrected chi connectivity index (χ2v) is 20.6. The maximum Gasteiger partial charge on any atom is 0.310 e. The molecule has 2 aromatic rings. The van der Waals surface area contributed by atoms with Crippen molar-refractivity contribution in [2.75, 3.05) is 0 Å². The minimum atomic E-state index is -9.81. The van der Waals surface area contributed by atoms with E-state index < -0.39 is 29.5 Å². The van der Waals surface area contributed by atoms with Gasteiger partial charge in [0, 0.05) is 22.5 Å². The Morgan fingerprint density at radius 3 is 2.03 bits per heavy atom. The average Bonchev–Trinajstić information content (AvgIpc) is 2.69. The van der Waals surface area contributed by atoms with E-state index in [2.05, 4.69) is 47.7 Å². The summed E-state index contributed by atoms with van der Waals surface area (Å²) in [5.74, 6) is -0.0857. The number of aliphatic hydroxyl groups excluding tert-OH is 1. The van der Waals surface area contributed by atoms with Crippen molar-refractivity contribution in [1.29, 1.82) is 0 Å². The van der Waals surface area contributed by atoms with Crippen molar-refractivity contribution in [3.05, 3.63) is 57.9 Å². The minimum Gasteiger partial charge on any atom is -0.410 e. The maximum atomic E-state index is 13.3. The van der Waals surface area contributed by atoms with E-state index in [1.165, 1.54) is 0 Å². The van der Waals surface area contributed by atoms with Crippen LogP contribution in [0.25, 0.3) is 0 Å². The number of fused-ring (bicyclic) bond motifs is 1. The summed E-state index contributed by atoms with van der Waals surface area (Å²) in [7, 11) is -12.0. The molecule has 1 aliphatic rings. The molecule has 1 aliphatic carbocycles. The Bertz CT molecular complexity index is 1220. The van der Waals surface area contributed by atoms with Crippen LogP contribution in [0.1, 0.15) is 107 Å². The highest BCUT2D eigenvalue weighted by molar-refractivity contribution is 8.45. The maximum absolute atomic E-state index is 13.3. The highest BCUT2D eigenvalue weighted by atomic mass is 32.5. The first-order valence-corrected chi connectivity index (χ1v) is 17.8. The van der Waals surface area contributed by atoms with Gasteiger partial charge in [-0.3, -0.25) is 4.98 Å². The summed E-state index contributed by atoms with van der Waals surface area (Å²) in [5, 5.41) is 11.4. The molecule has 0 saturated heterocycles. The van der Waals surface area contributed by atoms with Crippen molar-refractivity contribution in [1.82, 2.24) is 4.98 Å². The first-order valence-electron chi connectivity index (χ1n) is 13.0. The molecule has 0 unspecified atom stereocenters. The standard InChI is InChI=1S/C28H42F5NO2SSi/c1-17(2)25-24(26(35)19-11-13-20(14-12-19)37(29,30,31,32)33)18(3)23-21(34-25)15-28(7,8)16-22(23)36-38(9,10)27(4,5)6/h11-14,17,22,26,35H,15-16H2,1-10H3/t22-,26-/m0/s1. The first-order chi connectivity index (χ1) is 16.7. The SMILES string of the molecule is Cc1c([C@@H](O)c2ccc(S(F)(F)(F)(F)F)cc2)c(C(C)C)nc2c1[C@@H](O[Si](C)(C)C(C)(C)C)CC(C)(C)C2. The lowest BCUT2D eigenvalue weighted by molar-refractivity contribution is 0.105. The number of hydrogen-bond donors (Lipinski definition) is 1. The zero-order valence-electron chi connectivity index (χ0n) is 24.1. The molecule has 0 fully saturated rings. The zero-order chi connectivity index (χ0) is 29.3. The first kappa shape index (κ1) is 31.0. The Kier molecular flexibility index (Phi) is 7.15. The van der Waals surface area contributed by atoms with Crippen molar-refractivity contribution in [3.63, 3.8) is 0 Å². The topological polar surface area (TPSA) is 42.4 Å². The van der Waals surface area contributed by atoms with E-state index in [-0.39, 0.29) is 28.0 Å². The van der Waals surface area contributed by atoms with E-state index >= 15 is 0 Å². The van der Waals surface area contributed by atoms with E-state index in [1.54, 1.807) is 0 Å². The van der Waals surface area contributed by atoms with E-state index in [4.69, 9.17) is 9.41 Å². The number of aromatic nitrogens is 1. The number of nitrogens with zero attached hydrogens (tertiary/aromatic N) is 1. The zero-order valence-corrected chi connectivity index (χ0v) is 25.9. The Hall–Kier alpha value is -1.49. The minimum absolute atomic E-state index is 0.0269. The Morgan fingerprint density at radius 1 is 1.05 bits per heavy atom. The molecule has 0 saturated carbocycles. The van der Waals surface area contributed by atoms with Gasteiger partial charge in [0.1, 0.15) is 11.0 Å². The molecule has 0 bridgehead atoms. The van der Waals surface area contributed by atoms with Crippen LogP contribution in [0.2, 0.25) is 18.1 Å². The smallest absolute Gasteiger partial charge is 0.310 e. The third-order valence-electron chi connectivity index (χ3n) is 8.06. The number of hydrogen-bond acceptors (Lipinski definition) is 3. The normalized spacial score (nSPS) is 21.0. The van der Waals surface area contributed by atoms with E-state index in [0.717, 1.165) is 41.8 Å². The van der Waals surface area contributed by atoms with Gasteiger partial charge in [-0.15, -0.1) is 0 Å². The van der Waals surface area contributed by atoms with Crippen molar-refractivity contribution in [2.24, 2.45) is 5.41 Å². The van der Waals surface area contributed by atoms with Crippen LogP contribution in [-0.4, -0.2) is 18.4 Å². The fourth-order valence-electron chi connectivity index (χ4n) is 5.00. The second-order valence-electron chi connectivity index (χ2n) is 13.4. The molecule has 3 nitrogen and oxygen atoms in total. The molecule has 3 rings (SSSR count). The van der Waals surface area contributed by atoms with Gasteiger partial charge in [-0.05, 0) is 72.5 Å². The van der Waals surface area contributed by atoms with Gasteiger partial charge in [-0.25, -0.2) is 0 Å². The van der Waals surface area contributed by atoms with E-state index in [1.807, 2.05) is 20.8 Å². The number of rotatable bonds is 6. The summed E-state index contributed by atoms with van der Waals surface area (Å²) in [6, 6.07) is 2.55. The van der Waals surface area contributed by atoms with Gasteiger partial charge < -0.3 is 9.53 Å². The monoisotopic (exact) mass is 579 g/mol. The van der Waals surface area contributed by atoms with Gasteiger partial charge in [0.05, 0.1) is 6.10 Å². The molecule has 2 atom stereocenters. The summed E-state index contributed by atoms with van der Waals surface area (Å²) in [5.41, 5.74) is 3.82. The summed E-state index contributed by atoms with van der Waals surface area (Å²) in [4.78, 5) is 3.04. The molecule has 0 aliphatic heterocycles. The molecule has 216 valence electrons. The third-order valence-corrected chi connectivity index (χ3v) is 13.7. The van der Waals surface area contributed by atoms with Crippen LogP contribution in [0.4, 0.5) is 19.4 Å². The molecule has 1 heterocycles. The average molecular weight is 580 g/mol. The van der Waals surface area contributed by atoms with Crippen LogP contribution in [0.3, 0.4) is 0 Å².